The van der Waals surface area contributed by atoms with Crippen LogP contribution < -0.4 is 10.1 Å². The van der Waals surface area contributed by atoms with Crippen LogP contribution in [0.5, 0.6) is 5.75 Å². The number of nitrogens with one attached hydrogen (secondary N) is 2. The van der Waals surface area contributed by atoms with Gasteiger partial charge >= 0.3 is 0 Å². The number of aromatic nitrogens is 2. The molecule has 1 amide bonds. The lowest BCUT2D eigenvalue weighted by molar-refractivity contribution is 0.102. The Hall–Kier alpha value is -2.82. The van der Waals surface area contributed by atoms with E-state index in [1.807, 2.05) is 50.2 Å². The van der Waals surface area contributed by atoms with Gasteiger partial charge in [-0.05, 0) is 49.7 Å². The third-order valence-electron chi connectivity index (χ3n) is 3.59. The number of nitrogens with zero attached hydrogens (tertiary/aromatic N) is 1. The van der Waals surface area contributed by atoms with E-state index in [4.69, 9.17) is 4.74 Å². The van der Waals surface area contributed by atoms with Crippen molar-refractivity contribution in [1.29, 1.82) is 0 Å². The van der Waals surface area contributed by atoms with E-state index < -0.39 is 0 Å². The number of fused-ring (bicyclic) bond motifs is 1. The molecule has 1 heterocycles. The third-order valence-corrected chi connectivity index (χ3v) is 3.59. The van der Waals surface area contributed by atoms with Crippen LogP contribution in [0.1, 0.15) is 21.6 Å². The summed E-state index contributed by atoms with van der Waals surface area (Å²) in [6, 6.07) is 11.4. The highest BCUT2D eigenvalue weighted by Crippen LogP contribution is 2.23. The van der Waals surface area contributed by atoms with Crippen molar-refractivity contribution in [3.63, 3.8) is 0 Å². The van der Waals surface area contributed by atoms with Crippen LogP contribution in [0.3, 0.4) is 0 Å². The normalized spacial score (nSPS) is 10.7. The number of methoxy groups -OCH3 is 1. The fraction of sp³-hybridized carbons (Fsp3) is 0.176. The van der Waals surface area contributed by atoms with Crippen LogP contribution in [-0.2, 0) is 0 Å². The van der Waals surface area contributed by atoms with Gasteiger partial charge in [-0.25, -0.2) is 0 Å². The monoisotopic (exact) mass is 295 g/mol. The van der Waals surface area contributed by atoms with E-state index in [0.717, 1.165) is 27.8 Å². The number of H-pyrrole nitrogens is 1. The molecule has 0 radical (unpaired) electrons. The molecule has 0 atom stereocenters. The first-order valence-electron chi connectivity index (χ1n) is 6.99. The van der Waals surface area contributed by atoms with E-state index in [0.29, 0.717) is 11.4 Å². The number of hydrogen-bond donors (Lipinski definition) is 2. The highest BCUT2D eigenvalue weighted by Gasteiger charge is 2.14. The average Bonchev–Trinajstić information content (AvgIpc) is 2.90. The number of anilines is 1. The Morgan fingerprint density at radius 3 is 2.73 bits per heavy atom. The van der Waals surface area contributed by atoms with Crippen LogP contribution in [0.4, 0.5) is 5.69 Å². The molecular weight excluding hydrogens is 278 g/mol. The SMILES string of the molecule is COc1ccc(NC(=O)c2n[nH]c3ccc(C)cc23)cc1C. The molecule has 2 aromatic carbocycles. The molecule has 0 saturated carbocycles. The fourth-order valence-electron chi connectivity index (χ4n) is 2.45. The standard InChI is InChI=1S/C17H17N3O2/c1-10-4-6-14-13(8-10)16(20-19-14)17(21)18-12-5-7-15(22-3)11(2)9-12/h4-9H,1-3H3,(H,18,21)(H,19,20). The van der Waals surface area contributed by atoms with Gasteiger partial charge < -0.3 is 10.1 Å². The van der Waals surface area contributed by atoms with Gasteiger partial charge in [0, 0.05) is 11.1 Å². The van der Waals surface area contributed by atoms with E-state index in [1.165, 1.54) is 0 Å². The molecule has 5 heteroatoms. The Bertz CT molecular complexity index is 852. The Morgan fingerprint density at radius 2 is 2.00 bits per heavy atom. The zero-order chi connectivity index (χ0) is 15.7. The van der Waals surface area contributed by atoms with E-state index in [1.54, 1.807) is 7.11 Å². The lowest BCUT2D eigenvalue weighted by atomic mass is 10.1. The van der Waals surface area contributed by atoms with Crippen LogP contribution in [0.15, 0.2) is 36.4 Å². The van der Waals surface area contributed by atoms with Crippen LogP contribution >= 0.6 is 0 Å². The second-order valence-corrected chi connectivity index (χ2v) is 5.26. The minimum Gasteiger partial charge on any atom is -0.496 e. The summed E-state index contributed by atoms with van der Waals surface area (Å²) >= 11 is 0. The molecule has 0 bridgehead atoms. The Morgan fingerprint density at radius 1 is 1.18 bits per heavy atom. The molecule has 0 spiro atoms. The number of aromatic amines is 1. The number of amides is 1. The number of ether oxygens (including phenoxy) is 1. The second-order valence-electron chi connectivity index (χ2n) is 5.26. The fourth-order valence-corrected chi connectivity index (χ4v) is 2.45. The summed E-state index contributed by atoms with van der Waals surface area (Å²) in [5.41, 5.74) is 4.01. The van der Waals surface area contributed by atoms with E-state index in [2.05, 4.69) is 15.5 Å². The van der Waals surface area contributed by atoms with Crippen LogP contribution in [0.25, 0.3) is 10.9 Å². The zero-order valence-electron chi connectivity index (χ0n) is 12.7. The maximum absolute atomic E-state index is 12.4. The summed E-state index contributed by atoms with van der Waals surface area (Å²) in [4.78, 5) is 12.4. The number of benzene rings is 2. The molecule has 3 rings (SSSR count). The number of carbonyl (C=O) groups excluding carboxylic acids is 1. The summed E-state index contributed by atoms with van der Waals surface area (Å²) in [5, 5.41) is 10.7. The third kappa shape index (κ3) is 2.53. The number of rotatable bonds is 3. The lowest BCUT2D eigenvalue weighted by Gasteiger charge is -2.08. The van der Waals surface area contributed by atoms with Gasteiger partial charge in [-0.2, -0.15) is 5.10 Å². The molecule has 112 valence electrons. The minimum atomic E-state index is -0.235. The highest BCUT2D eigenvalue weighted by molar-refractivity contribution is 6.11. The largest absolute Gasteiger partial charge is 0.496 e. The van der Waals surface area contributed by atoms with Crippen LogP contribution in [0, 0.1) is 13.8 Å². The van der Waals surface area contributed by atoms with Crippen molar-refractivity contribution in [3.8, 4) is 5.75 Å². The first-order chi connectivity index (χ1) is 10.6. The van der Waals surface area contributed by atoms with Crippen molar-refractivity contribution in [2.45, 2.75) is 13.8 Å². The van der Waals surface area contributed by atoms with Crippen molar-refractivity contribution in [3.05, 3.63) is 53.2 Å². The molecule has 0 aliphatic rings. The molecule has 1 aromatic heterocycles. The molecule has 22 heavy (non-hydrogen) atoms. The summed E-state index contributed by atoms with van der Waals surface area (Å²) in [5.74, 6) is 0.556. The number of hydrogen-bond acceptors (Lipinski definition) is 3. The van der Waals surface area contributed by atoms with Gasteiger partial charge in [0.1, 0.15) is 5.75 Å². The van der Waals surface area contributed by atoms with E-state index in [9.17, 15) is 4.79 Å². The lowest BCUT2D eigenvalue weighted by Crippen LogP contribution is -2.13. The smallest absolute Gasteiger partial charge is 0.276 e. The van der Waals surface area contributed by atoms with Gasteiger partial charge in [-0.15, -0.1) is 0 Å². The maximum Gasteiger partial charge on any atom is 0.276 e. The molecule has 0 unspecified atom stereocenters. The maximum atomic E-state index is 12.4. The molecule has 2 N–H and O–H groups in total. The summed E-state index contributed by atoms with van der Waals surface area (Å²) < 4.78 is 5.22. The topological polar surface area (TPSA) is 67.0 Å². The predicted octanol–water partition coefficient (Wildman–Crippen LogP) is 3.44. The summed E-state index contributed by atoms with van der Waals surface area (Å²) in [7, 11) is 1.62. The van der Waals surface area contributed by atoms with Crippen LogP contribution in [-0.4, -0.2) is 23.2 Å². The first kappa shape index (κ1) is 14.1. The number of carbonyl (C=O) groups is 1. The van der Waals surface area contributed by atoms with Crippen molar-refractivity contribution in [2.75, 3.05) is 12.4 Å². The zero-order valence-corrected chi connectivity index (χ0v) is 12.7. The summed E-state index contributed by atoms with van der Waals surface area (Å²) in [6.07, 6.45) is 0. The highest BCUT2D eigenvalue weighted by atomic mass is 16.5. The molecule has 0 aliphatic carbocycles. The van der Waals surface area contributed by atoms with Gasteiger partial charge in [-0.3, -0.25) is 9.89 Å². The van der Waals surface area contributed by atoms with Gasteiger partial charge in [-0.1, -0.05) is 11.6 Å². The Labute approximate surface area is 128 Å². The molecule has 3 aromatic rings. The molecule has 0 fully saturated rings. The van der Waals surface area contributed by atoms with Gasteiger partial charge in [0.25, 0.3) is 5.91 Å². The Kier molecular flexibility index (Phi) is 3.55. The molecule has 5 nitrogen and oxygen atoms in total. The average molecular weight is 295 g/mol. The molecular formula is C17H17N3O2. The van der Waals surface area contributed by atoms with Crippen molar-refractivity contribution in [2.24, 2.45) is 0 Å². The van der Waals surface area contributed by atoms with Crippen molar-refractivity contribution >= 4 is 22.5 Å². The van der Waals surface area contributed by atoms with Crippen molar-refractivity contribution < 1.29 is 9.53 Å². The quantitative estimate of drug-likeness (QED) is 0.777. The van der Waals surface area contributed by atoms with Gasteiger partial charge in [0.15, 0.2) is 5.69 Å². The Balaban J connectivity index is 1.90. The predicted molar refractivity (Wildman–Crippen MR) is 86.5 cm³/mol. The van der Waals surface area contributed by atoms with Crippen molar-refractivity contribution in [1.82, 2.24) is 10.2 Å². The first-order valence-corrected chi connectivity index (χ1v) is 6.99. The van der Waals surface area contributed by atoms with Gasteiger partial charge in [0.2, 0.25) is 0 Å². The minimum absolute atomic E-state index is 0.235. The van der Waals surface area contributed by atoms with Gasteiger partial charge in [0.05, 0.1) is 12.6 Å². The van der Waals surface area contributed by atoms with Crippen LogP contribution in [0.2, 0.25) is 0 Å². The molecule has 0 saturated heterocycles. The van der Waals surface area contributed by atoms with E-state index >= 15 is 0 Å². The molecule has 0 aliphatic heterocycles. The second kappa shape index (κ2) is 5.52. The summed E-state index contributed by atoms with van der Waals surface area (Å²) in [6.45, 7) is 3.92. The number of aryl methyl sites for hydroxylation is 2. The van der Waals surface area contributed by atoms with E-state index in [-0.39, 0.29) is 5.91 Å².